The molecular weight excluding hydrogens is 494 g/mol. The molecule has 2 atom stereocenters. The monoisotopic (exact) mass is 522 g/mol. The highest BCUT2D eigenvalue weighted by molar-refractivity contribution is 14.1. The molecule has 0 aromatic heterocycles. The van der Waals surface area contributed by atoms with Gasteiger partial charge >= 0.3 is 0 Å². The second-order valence-electron chi connectivity index (χ2n) is 4.52. The van der Waals surface area contributed by atoms with E-state index in [1.807, 2.05) is 0 Å². The van der Waals surface area contributed by atoms with E-state index in [2.05, 4.69) is 69.5 Å². The summed E-state index contributed by atoms with van der Waals surface area (Å²) in [7, 11) is 3.37. The van der Waals surface area contributed by atoms with Crippen LogP contribution in [0.3, 0.4) is 0 Å². The van der Waals surface area contributed by atoms with Crippen LogP contribution in [-0.4, -0.2) is 35.7 Å². The fourth-order valence-electron chi connectivity index (χ4n) is 1.71. The maximum absolute atomic E-state index is 5.85. The van der Waals surface area contributed by atoms with E-state index in [1.165, 1.54) is 0 Å². The minimum Gasteiger partial charge on any atom is -0.356 e. The third-order valence-electron chi connectivity index (χ3n) is 2.85. The topological polar surface area (TPSA) is 27.7 Å². The maximum atomic E-state index is 5.85. The zero-order valence-corrected chi connectivity index (χ0v) is 17.4. The molecule has 0 saturated heterocycles. The Morgan fingerprint density at radius 1 is 0.714 bits per heavy atom. The van der Waals surface area contributed by atoms with Crippen molar-refractivity contribution < 1.29 is 14.2 Å². The summed E-state index contributed by atoms with van der Waals surface area (Å²) in [4.78, 5) is 0. The third-order valence-corrected chi connectivity index (χ3v) is 4.10. The molecule has 0 heterocycles. The van der Waals surface area contributed by atoms with Crippen LogP contribution in [0.15, 0.2) is 24.3 Å². The molecule has 3 nitrogen and oxygen atoms in total. The van der Waals surface area contributed by atoms with Gasteiger partial charge in [0, 0.05) is 35.9 Å². The van der Waals surface area contributed by atoms with E-state index in [9.17, 15) is 0 Å². The van der Waals surface area contributed by atoms with Crippen molar-refractivity contribution in [3.63, 3.8) is 0 Å². The standard InChI is InChI=1S/C16H28I2O3/c1-19-15(11-7-3-5-9-13-17)21-16(20-2)12-8-4-6-10-14-18/h3-6,15-16H,7-14H2,1-2H3/b5-3+,6-4+. The highest BCUT2D eigenvalue weighted by Crippen LogP contribution is 2.12. The molecular formula is C16H28I2O3. The van der Waals surface area contributed by atoms with Crippen molar-refractivity contribution in [2.45, 2.75) is 51.1 Å². The summed E-state index contributed by atoms with van der Waals surface area (Å²) in [5.74, 6) is 0. The zero-order valence-electron chi connectivity index (χ0n) is 13.1. The highest BCUT2D eigenvalue weighted by Gasteiger charge is 2.14. The van der Waals surface area contributed by atoms with Crippen LogP contribution in [0.1, 0.15) is 38.5 Å². The molecule has 0 radical (unpaired) electrons. The first kappa shape index (κ1) is 21.8. The minimum absolute atomic E-state index is 0.197. The van der Waals surface area contributed by atoms with Gasteiger partial charge in [0.1, 0.15) is 0 Å². The average molecular weight is 522 g/mol. The summed E-state index contributed by atoms with van der Waals surface area (Å²) >= 11 is 4.76. The van der Waals surface area contributed by atoms with Crippen molar-refractivity contribution in [1.29, 1.82) is 0 Å². The number of allylic oxidation sites excluding steroid dienone is 4. The summed E-state index contributed by atoms with van der Waals surface area (Å²) in [5, 5.41) is 0. The van der Waals surface area contributed by atoms with E-state index in [4.69, 9.17) is 14.2 Å². The molecule has 0 bridgehead atoms. The van der Waals surface area contributed by atoms with E-state index in [1.54, 1.807) is 14.2 Å². The Labute approximate surface area is 157 Å². The molecule has 0 N–H and O–H groups in total. The fraction of sp³-hybridized carbons (Fsp3) is 0.750. The number of rotatable bonds is 14. The van der Waals surface area contributed by atoms with Crippen LogP contribution >= 0.6 is 45.2 Å². The Morgan fingerprint density at radius 2 is 1.10 bits per heavy atom. The minimum atomic E-state index is -0.197. The first-order chi connectivity index (χ1) is 10.3. The van der Waals surface area contributed by atoms with Gasteiger partial charge in [-0.1, -0.05) is 69.5 Å². The van der Waals surface area contributed by atoms with Gasteiger partial charge in [-0.3, -0.25) is 0 Å². The van der Waals surface area contributed by atoms with Crippen molar-refractivity contribution in [2.24, 2.45) is 0 Å². The van der Waals surface area contributed by atoms with E-state index in [0.29, 0.717) is 0 Å². The molecule has 21 heavy (non-hydrogen) atoms. The lowest BCUT2D eigenvalue weighted by Gasteiger charge is -2.22. The van der Waals surface area contributed by atoms with Gasteiger partial charge in [0.15, 0.2) is 12.6 Å². The van der Waals surface area contributed by atoms with Gasteiger partial charge in [-0.05, 0) is 25.7 Å². The lowest BCUT2D eigenvalue weighted by Crippen LogP contribution is -2.25. The quantitative estimate of drug-likeness (QED) is 0.135. The van der Waals surface area contributed by atoms with Crippen LogP contribution in [0.25, 0.3) is 0 Å². The molecule has 5 heteroatoms. The van der Waals surface area contributed by atoms with Gasteiger partial charge in [-0.25, -0.2) is 0 Å². The predicted molar refractivity (Wildman–Crippen MR) is 106 cm³/mol. The normalized spacial score (nSPS) is 15.0. The summed E-state index contributed by atoms with van der Waals surface area (Å²) in [6, 6.07) is 0. The molecule has 0 fully saturated rings. The summed E-state index contributed by atoms with van der Waals surface area (Å²) < 4.78 is 18.9. The smallest absolute Gasteiger partial charge is 0.160 e. The molecule has 0 aliphatic rings. The maximum Gasteiger partial charge on any atom is 0.160 e. The Bertz CT molecular complexity index is 244. The second-order valence-corrected chi connectivity index (χ2v) is 6.68. The number of hydrogen-bond donors (Lipinski definition) is 0. The van der Waals surface area contributed by atoms with E-state index < -0.39 is 0 Å². The number of methoxy groups -OCH3 is 2. The molecule has 0 saturated carbocycles. The van der Waals surface area contributed by atoms with Gasteiger partial charge in [0.05, 0.1) is 0 Å². The van der Waals surface area contributed by atoms with Gasteiger partial charge in [0.2, 0.25) is 0 Å². The van der Waals surface area contributed by atoms with Gasteiger partial charge in [-0.2, -0.15) is 0 Å². The van der Waals surface area contributed by atoms with Crippen LogP contribution < -0.4 is 0 Å². The summed E-state index contributed by atoms with van der Waals surface area (Å²) in [5.41, 5.74) is 0. The van der Waals surface area contributed by atoms with Crippen LogP contribution in [0, 0.1) is 0 Å². The Morgan fingerprint density at radius 3 is 1.43 bits per heavy atom. The molecule has 0 amide bonds. The molecule has 0 aliphatic heterocycles. The van der Waals surface area contributed by atoms with Crippen LogP contribution in [0.4, 0.5) is 0 Å². The van der Waals surface area contributed by atoms with Crippen molar-refractivity contribution in [3.05, 3.63) is 24.3 Å². The van der Waals surface area contributed by atoms with E-state index in [0.717, 1.165) is 47.4 Å². The van der Waals surface area contributed by atoms with Crippen LogP contribution in [0.2, 0.25) is 0 Å². The molecule has 0 aromatic rings. The van der Waals surface area contributed by atoms with E-state index in [-0.39, 0.29) is 12.6 Å². The van der Waals surface area contributed by atoms with Crippen LogP contribution in [-0.2, 0) is 14.2 Å². The average Bonchev–Trinajstić information content (AvgIpc) is 2.51. The fourth-order valence-corrected chi connectivity index (χ4v) is 2.43. The second kappa shape index (κ2) is 17.2. The predicted octanol–water partition coefficient (Wildman–Crippen LogP) is 5.27. The lowest BCUT2D eigenvalue weighted by molar-refractivity contribution is -0.232. The van der Waals surface area contributed by atoms with E-state index >= 15 is 0 Å². The van der Waals surface area contributed by atoms with Gasteiger partial charge in [0.25, 0.3) is 0 Å². The van der Waals surface area contributed by atoms with Crippen molar-refractivity contribution in [3.8, 4) is 0 Å². The molecule has 124 valence electrons. The first-order valence-corrected chi connectivity index (χ1v) is 10.5. The summed E-state index contributed by atoms with van der Waals surface area (Å²) in [6.07, 6.45) is 14.4. The molecule has 0 rings (SSSR count). The molecule has 0 spiro atoms. The Kier molecular flexibility index (Phi) is 17.8. The van der Waals surface area contributed by atoms with Gasteiger partial charge < -0.3 is 14.2 Å². The largest absolute Gasteiger partial charge is 0.356 e. The van der Waals surface area contributed by atoms with Crippen LogP contribution in [0.5, 0.6) is 0 Å². The zero-order chi connectivity index (χ0) is 15.8. The Balaban J connectivity index is 3.93. The Hall–Kier alpha value is 0.820. The van der Waals surface area contributed by atoms with Gasteiger partial charge in [-0.15, -0.1) is 0 Å². The highest BCUT2D eigenvalue weighted by atomic mass is 127. The lowest BCUT2D eigenvalue weighted by atomic mass is 10.2. The molecule has 2 unspecified atom stereocenters. The number of hydrogen-bond acceptors (Lipinski definition) is 3. The van der Waals surface area contributed by atoms with Crippen molar-refractivity contribution in [2.75, 3.05) is 23.1 Å². The number of ether oxygens (including phenoxy) is 3. The first-order valence-electron chi connectivity index (χ1n) is 7.41. The molecule has 0 aliphatic carbocycles. The van der Waals surface area contributed by atoms with Crippen molar-refractivity contribution in [1.82, 2.24) is 0 Å². The third kappa shape index (κ3) is 14.2. The summed E-state index contributed by atoms with van der Waals surface area (Å²) in [6.45, 7) is 0. The number of alkyl halides is 2. The molecule has 0 aromatic carbocycles. The van der Waals surface area contributed by atoms with Crippen molar-refractivity contribution >= 4 is 45.2 Å². The number of halogens is 2. The SMILES string of the molecule is COC(CC/C=C/CCI)OC(CC/C=C/CCI)OC.